The molecule has 1 fully saturated rings. The predicted octanol–water partition coefficient (Wildman–Crippen LogP) is 3.79. The van der Waals surface area contributed by atoms with Crippen LogP contribution in [0.1, 0.15) is 31.4 Å². The van der Waals surface area contributed by atoms with Crippen LogP contribution in [-0.4, -0.2) is 39.9 Å². The molecular formula is C22H27FN2O2. The summed E-state index contributed by atoms with van der Waals surface area (Å²) in [5.74, 6) is 0.435. The van der Waals surface area contributed by atoms with Gasteiger partial charge in [-0.2, -0.15) is 0 Å². The molecule has 0 unspecified atom stereocenters. The molecule has 3 rings (SSSR count). The number of carbonyl (C=O) groups is 1. The van der Waals surface area contributed by atoms with Gasteiger partial charge in [-0.15, -0.1) is 0 Å². The third-order valence-electron chi connectivity index (χ3n) is 5.23. The zero-order valence-electron chi connectivity index (χ0n) is 15.9. The van der Waals surface area contributed by atoms with Crippen molar-refractivity contribution < 1.29 is 14.3 Å². The van der Waals surface area contributed by atoms with E-state index in [1.807, 2.05) is 23.1 Å². The minimum atomic E-state index is -0.268. The Balaban J connectivity index is 1.78. The summed E-state index contributed by atoms with van der Waals surface area (Å²) in [6.45, 7) is 6.77. The van der Waals surface area contributed by atoms with Crippen molar-refractivity contribution in [1.82, 2.24) is 9.80 Å². The number of halogens is 1. The van der Waals surface area contributed by atoms with Crippen molar-refractivity contribution in [3.63, 3.8) is 0 Å². The molecule has 4 nitrogen and oxygen atoms in total. The van der Waals surface area contributed by atoms with Gasteiger partial charge in [0.1, 0.15) is 11.6 Å². The van der Waals surface area contributed by atoms with E-state index in [0.29, 0.717) is 32.0 Å². The molecule has 1 saturated heterocycles. The Morgan fingerprint density at radius 3 is 2.48 bits per heavy atom. The lowest BCUT2D eigenvalue weighted by Crippen LogP contribution is -2.45. The van der Waals surface area contributed by atoms with Gasteiger partial charge >= 0.3 is 0 Å². The van der Waals surface area contributed by atoms with Crippen molar-refractivity contribution in [2.75, 3.05) is 13.1 Å². The summed E-state index contributed by atoms with van der Waals surface area (Å²) in [7, 11) is 0. The van der Waals surface area contributed by atoms with E-state index in [-0.39, 0.29) is 23.5 Å². The highest BCUT2D eigenvalue weighted by atomic mass is 19.1. The second-order valence-corrected chi connectivity index (χ2v) is 7.57. The Hall–Kier alpha value is -2.40. The molecule has 0 aliphatic carbocycles. The van der Waals surface area contributed by atoms with E-state index in [1.165, 1.54) is 12.1 Å². The topological polar surface area (TPSA) is 43.8 Å². The highest BCUT2D eigenvalue weighted by molar-refractivity contribution is 5.77. The van der Waals surface area contributed by atoms with Gasteiger partial charge in [0.15, 0.2) is 0 Å². The number of rotatable bonds is 5. The molecule has 1 heterocycles. The van der Waals surface area contributed by atoms with Crippen molar-refractivity contribution in [2.45, 2.75) is 39.4 Å². The fourth-order valence-electron chi connectivity index (χ4n) is 3.63. The van der Waals surface area contributed by atoms with E-state index in [9.17, 15) is 14.3 Å². The number of phenolic OH excluding ortho intramolecular Hbond substituents is 1. The number of hydrogen-bond acceptors (Lipinski definition) is 3. The molecule has 0 saturated carbocycles. The summed E-state index contributed by atoms with van der Waals surface area (Å²) in [6.07, 6.45) is 0.442. The Morgan fingerprint density at radius 2 is 1.81 bits per heavy atom. The lowest BCUT2D eigenvalue weighted by Gasteiger charge is -2.35. The Kier molecular flexibility index (Phi) is 6.11. The van der Waals surface area contributed by atoms with Crippen LogP contribution in [0.2, 0.25) is 0 Å². The number of nitrogens with zero attached hydrogens (tertiary/aromatic N) is 2. The number of amides is 1. The molecule has 1 N–H and O–H groups in total. The molecule has 2 aromatic carbocycles. The molecule has 1 aliphatic rings. The van der Waals surface area contributed by atoms with Crippen LogP contribution >= 0.6 is 0 Å². The highest BCUT2D eigenvalue weighted by Gasteiger charge is 2.31. The molecule has 0 radical (unpaired) electrons. The third kappa shape index (κ3) is 4.86. The number of aromatic hydroxyl groups is 1. The SMILES string of the molecule is CC(C)[C@H]1CN(Cc2ccccc2O)CCC(=O)N1Cc1ccc(F)cc1. The molecule has 0 spiro atoms. The lowest BCUT2D eigenvalue weighted by molar-refractivity contribution is -0.134. The monoisotopic (exact) mass is 370 g/mol. The summed E-state index contributed by atoms with van der Waals surface area (Å²) in [5.41, 5.74) is 1.81. The first kappa shape index (κ1) is 19.4. The number of para-hydroxylation sites is 1. The number of phenols is 1. The first-order valence-corrected chi connectivity index (χ1v) is 9.47. The van der Waals surface area contributed by atoms with Gasteiger partial charge < -0.3 is 10.0 Å². The van der Waals surface area contributed by atoms with Crippen molar-refractivity contribution in [3.8, 4) is 5.75 Å². The summed E-state index contributed by atoms with van der Waals surface area (Å²) in [4.78, 5) is 17.0. The predicted molar refractivity (Wildman–Crippen MR) is 104 cm³/mol. The van der Waals surface area contributed by atoms with Gasteiger partial charge in [-0.1, -0.05) is 44.2 Å². The van der Waals surface area contributed by atoms with E-state index in [2.05, 4.69) is 18.7 Å². The molecule has 1 atom stereocenters. The molecule has 27 heavy (non-hydrogen) atoms. The van der Waals surface area contributed by atoms with E-state index >= 15 is 0 Å². The average molecular weight is 370 g/mol. The summed E-state index contributed by atoms with van der Waals surface area (Å²) in [5, 5.41) is 10.1. The van der Waals surface area contributed by atoms with Crippen LogP contribution in [0.25, 0.3) is 0 Å². The number of benzene rings is 2. The van der Waals surface area contributed by atoms with Crippen molar-refractivity contribution in [1.29, 1.82) is 0 Å². The number of hydrogen-bond donors (Lipinski definition) is 1. The van der Waals surface area contributed by atoms with Crippen molar-refractivity contribution >= 4 is 5.91 Å². The zero-order valence-corrected chi connectivity index (χ0v) is 15.9. The highest BCUT2D eigenvalue weighted by Crippen LogP contribution is 2.24. The van der Waals surface area contributed by atoms with Gasteiger partial charge in [0.05, 0.1) is 0 Å². The molecule has 1 amide bonds. The molecule has 1 aliphatic heterocycles. The molecular weight excluding hydrogens is 343 g/mol. The van der Waals surface area contributed by atoms with E-state index in [0.717, 1.165) is 17.7 Å². The second kappa shape index (κ2) is 8.53. The minimum Gasteiger partial charge on any atom is -0.508 e. The maximum absolute atomic E-state index is 13.2. The van der Waals surface area contributed by atoms with Crippen LogP contribution in [0.5, 0.6) is 5.75 Å². The zero-order chi connectivity index (χ0) is 19.4. The fraction of sp³-hybridized carbons (Fsp3) is 0.409. The van der Waals surface area contributed by atoms with Crippen molar-refractivity contribution in [3.05, 3.63) is 65.5 Å². The van der Waals surface area contributed by atoms with Crippen molar-refractivity contribution in [2.24, 2.45) is 5.92 Å². The van der Waals surface area contributed by atoms with E-state index < -0.39 is 0 Å². The molecule has 0 bridgehead atoms. The average Bonchev–Trinajstić information content (AvgIpc) is 2.79. The first-order valence-electron chi connectivity index (χ1n) is 9.47. The largest absolute Gasteiger partial charge is 0.508 e. The number of carbonyl (C=O) groups excluding carboxylic acids is 1. The van der Waals surface area contributed by atoms with E-state index in [4.69, 9.17) is 0 Å². The summed E-state index contributed by atoms with van der Waals surface area (Å²) >= 11 is 0. The fourth-order valence-corrected chi connectivity index (χ4v) is 3.63. The Morgan fingerprint density at radius 1 is 1.11 bits per heavy atom. The smallest absolute Gasteiger partial charge is 0.224 e. The van der Waals surface area contributed by atoms with E-state index in [1.54, 1.807) is 18.2 Å². The maximum atomic E-state index is 13.2. The van der Waals surface area contributed by atoms with Crippen LogP contribution < -0.4 is 0 Å². The van der Waals surface area contributed by atoms with Gasteiger partial charge in [0.2, 0.25) is 5.91 Å². The van der Waals surface area contributed by atoms with Gasteiger partial charge in [0.25, 0.3) is 0 Å². The van der Waals surface area contributed by atoms with Gasteiger partial charge in [-0.05, 0) is 29.7 Å². The third-order valence-corrected chi connectivity index (χ3v) is 5.23. The Bertz CT molecular complexity index is 776. The lowest BCUT2D eigenvalue weighted by atomic mass is 10.0. The quantitative estimate of drug-likeness (QED) is 0.871. The van der Waals surface area contributed by atoms with Gasteiger partial charge in [0, 0.05) is 44.2 Å². The van der Waals surface area contributed by atoms with Crippen LogP contribution in [0.3, 0.4) is 0 Å². The molecule has 5 heteroatoms. The first-order chi connectivity index (χ1) is 12.9. The molecule has 0 aromatic heterocycles. The molecule has 144 valence electrons. The summed E-state index contributed by atoms with van der Waals surface area (Å²) < 4.78 is 13.2. The second-order valence-electron chi connectivity index (χ2n) is 7.57. The Labute approximate surface area is 160 Å². The minimum absolute atomic E-state index is 0.0657. The maximum Gasteiger partial charge on any atom is 0.224 e. The van der Waals surface area contributed by atoms with Crippen LogP contribution in [-0.2, 0) is 17.9 Å². The van der Waals surface area contributed by atoms with Crippen LogP contribution in [0.15, 0.2) is 48.5 Å². The van der Waals surface area contributed by atoms with Gasteiger partial charge in [-0.25, -0.2) is 4.39 Å². The van der Waals surface area contributed by atoms with Crippen LogP contribution in [0, 0.1) is 11.7 Å². The summed E-state index contributed by atoms with van der Waals surface area (Å²) in [6, 6.07) is 13.8. The normalized spacial score (nSPS) is 18.7. The van der Waals surface area contributed by atoms with Crippen LogP contribution in [0.4, 0.5) is 4.39 Å². The standard InChI is InChI=1S/C22H27FN2O2/c1-16(2)20-15-24(14-18-5-3-4-6-21(18)26)12-11-22(27)25(20)13-17-7-9-19(23)10-8-17/h3-10,16,20,26H,11-15H2,1-2H3/t20-/m1/s1. The molecule has 2 aromatic rings. The van der Waals surface area contributed by atoms with Gasteiger partial charge in [-0.3, -0.25) is 9.69 Å².